The first kappa shape index (κ1) is 15.2. The van der Waals surface area contributed by atoms with Crippen molar-refractivity contribution in [3.8, 4) is 0 Å². The third-order valence-corrected chi connectivity index (χ3v) is 3.99. The van der Waals surface area contributed by atoms with Crippen LogP contribution in [-0.4, -0.2) is 23.4 Å². The lowest BCUT2D eigenvalue weighted by Crippen LogP contribution is -2.37. The average molecular weight is 339 g/mol. The molecule has 0 amide bonds. The first-order chi connectivity index (χ1) is 9.59. The van der Waals surface area contributed by atoms with Crippen LogP contribution in [0, 0.1) is 5.82 Å². The van der Waals surface area contributed by atoms with Crippen molar-refractivity contribution in [1.82, 2.24) is 0 Å². The molecule has 0 spiro atoms. The zero-order chi connectivity index (χ0) is 14.6. The molecule has 0 saturated heterocycles. The van der Waals surface area contributed by atoms with Crippen LogP contribution in [0.25, 0.3) is 0 Å². The molecule has 2 aromatic rings. The van der Waals surface area contributed by atoms with E-state index in [9.17, 15) is 14.6 Å². The van der Waals surface area contributed by atoms with Gasteiger partial charge in [0.25, 0.3) is 0 Å². The second-order valence-electron chi connectivity index (χ2n) is 4.91. The Kier molecular flexibility index (Phi) is 4.91. The number of hydrogen-bond acceptors (Lipinski definition) is 2. The Hall–Kier alpha value is -1.23. The maximum absolute atomic E-state index is 13.0. The molecular weight excluding hydrogens is 323 g/mol. The Morgan fingerprint density at radius 2 is 1.65 bits per heavy atom. The maximum atomic E-state index is 13.0. The summed E-state index contributed by atoms with van der Waals surface area (Å²) >= 11 is 3.40. The molecule has 0 aliphatic heterocycles. The zero-order valence-electron chi connectivity index (χ0n) is 10.9. The minimum Gasteiger partial charge on any atom is -0.395 e. The second kappa shape index (κ2) is 6.48. The summed E-state index contributed by atoms with van der Waals surface area (Å²) in [7, 11) is 0. The van der Waals surface area contributed by atoms with Crippen LogP contribution in [0.4, 0.5) is 4.39 Å². The standard InChI is InChI=1S/C16H16BrFO2/c17-14-3-1-2-13(8-14)16(10-19,11-20)9-12-4-6-15(18)7-5-12/h1-8,19-20H,9-11H2. The predicted molar refractivity (Wildman–Crippen MR) is 80.1 cm³/mol. The molecule has 0 fully saturated rings. The minimum atomic E-state index is -0.776. The second-order valence-corrected chi connectivity index (χ2v) is 5.83. The lowest BCUT2D eigenvalue weighted by Gasteiger charge is -2.30. The van der Waals surface area contributed by atoms with Gasteiger partial charge in [-0.05, 0) is 41.8 Å². The third-order valence-electron chi connectivity index (χ3n) is 3.50. The highest BCUT2D eigenvalue weighted by Crippen LogP contribution is 2.30. The molecule has 0 unspecified atom stereocenters. The summed E-state index contributed by atoms with van der Waals surface area (Å²) in [6.45, 7) is -0.366. The molecular formula is C16H16BrFO2. The SMILES string of the molecule is OCC(CO)(Cc1ccc(F)cc1)c1cccc(Br)c1. The Morgan fingerprint density at radius 3 is 2.20 bits per heavy atom. The van der Waals surface area contributed by atoms with Crippen LogP contribution >= 0.6 is 15.9 Å². The van der Waals surface area contributed by atoms with E-state index >= 15 is 0 Å². The van der Waals surface area contributed by atoms with Crippen molar-refractivity contribution in [1.29, 1.82) is 0 Å². The van der Waals surface area contributed by atoms with E-state index in [1.54, 1.807) is 12.1 Å². The fraction of sp³-hybridized carbons (Fsp3) is 0.250. The van der Waals surface area contributed by atoms with Crippen LogP contribution in [0.3, 0.4) is 0 Å². The summed E-state index contributed by atoms with van der Waals surface area (Å²) in [5.41, 5.74) is 0.942. The van der Waals surface area contributed by atoms with Gasteiger partial charge in [0.2, 0.25) is 0 Å². The fourth-order valence-corrected chi connectivity index (χ4v) is 2.66. The molecule has 0 aromatic heterocycles. The highest BCUT2D eigenvalue weighted by Gasteiger charge is 2.31. The molecule has 0 aliphatic rings. The lowest BCUT2D eigenvalue weighted by molar-refractivity contribution is 0.116. The van der Waals surface area contributed by atoms with Crippen LogP contribution in [0.2, 0.25) is 0 Å². The van der Waals surface area contributed by atoms with Gasteiger partial charge in [0.1, 0.15) is 5.82 Å². The van der Waals surface area contributed by atoms with Crippen molar-refractivity contribution in [3.63, 3.8) is 0 Å². The summed E-state index contributed by atoms with van der Waals surface area (Å²) in [6.07, 6.45) is 0.441. The molecule has 0 heterocycles. The quantitative estimate of drug-likeness (QED) is 0.879. The molecule has 2 aromatic carbocycles. The average Bonchev–Trinajstić information content (AvgIpc) is 2.47. The highest BCUT2D eigenvalue weighted by atomic mass is 79.9. The Labute approximate surface area is 126 Å². The van der Waals surface area contributed by atoms with Gasteiger partial charge in [0.15, 0.2) is 0 Å². The van der Waals surface area contributed by atoms with E-state index in [1.165, 1.54) is 12.1 Å². The molecule has 0 atom stereocenters. The topological polar surface area (TPSA) is 40.5 Å². The van der Waals surface area contributed by atoms with Crippen molar-refractivity contribution >= 4 is 15.9 Å². The molecule has 106 valence electrons. The molecule has 0 bridgehead atoms. The van der Waals surface area contributed by atoms with Gasteiger partial charge >= 0.3 is 0 Å². The fourth-order valence-electron chi connectivity index (χ4n) is 2.26. The molecule has 2 N–H and O–H groups in total. The van der Waals surface area contributed by atoms with Gasteiger partial charge < -0.3 is 10.2 Å². The first-order valence-corrected chi connectivity index (χ1v) is 7.11. The number of hydrogen-bond donors (Lipinski definition) is 2. The maximum Gasteiger partial charge on any atom is 0.123 e. The van der Waals surface area contributed by atoms with Gasteiger partial charge in [0, 0.05) is 9.89 Å². The van der Waals surface area contributed by atoms with Gasteiger partial charge in [-0.15, -0.1) is 0 Å². The van der Waals surface area contributed by atoms with Crippen LogP contribution < -0.4 is 0 Å². The van der Waals surface area contributed by atoms with Crippen LogP contribution in [0.1, 0.15) is 11.1 Å². The number of rotatable bonds is 5. The summed E-state index contributed by atoms with van der Waals surface area (Å²) in [5.74, 6) is -0.296. The van der Waals surface area contributed by atoms with Gasteiger partial charge in [0.05, 0.1) is 13.2 Å². The number of benzene rings is 2. The largest absolute Gasteiger partial charge is 0.395 e. The molecule has 4 heteroatoms. The molecule has 2 nitrogen and oxygen atoms in total. The van der Waals surface area contributed by atoms with Crippen LogP contribution in [-0.2, 0) is 11.8 Å². The summed E-state index contributed by atoms with van der Waals surface area (Å²) in [6, 6.07) is 13.6. The van der Waals surface area contributed by atoms with Crippen LogP contribution in [0.15, 0.2) is 53.0 Å². The van der Waals surface area contributed by atoms with Crippen molar-refractivity contribution < 1.29 is 14.6 Å². The Morgan fingerprint density at radius 1 is 1.00 bits per heavy atom. The van der Waals surface area contributed by atoms with E-state index in [2.05, 4.69) is 15.9 Å². The normalized spacial score (nSPS) is 11.6. The van der Waals surface area contributed by atoms with E-state index in [1.807, 2.05) is 24.3 Å². The third kappa shape index (κ3) is 3.26. The van der Waals surface area contributed by atoms with E-state index in [4.69, 9.17) is 0 Å². The smallest absolute Gasteiger partial charge is 0.123 e. The Balaban J connectivity index is 2.36. The van der Waals surface area contributed by atoms with Gasteiger partial charge in [-0.1, -0.05) is 40.2 Å². The minimum absolute atomic E-state index is 0.183. The van der Waals surface area contributed by atoms with E-state index in [0.29, 0.717) is 6.42 Å². The number of aliphatic hydroxyl groups is 2. The zero-order valence-corrected chi connectivity index (χ0v) is 12.5. The summed E-state index contributed by atoms with van der Waals surface area (Å²) in [4.78, 5) is 0. The van der Waals surface area contributed by atoms with Crippen molar-refractivity contribution in [2.75, 3.05) is 13.2 Å². The van der Waals surface area contributed by atoms with Gasteiger partial charge in [-0.2, -0.15) is 0 Å². The van der Waals surface area contributed by atoms with Crippen molar-refractivity contribution in [2.24, 2.45) is 0 Å². The molecule has 0 aliphatic carbocycles. The molecule has 20 heavy (non-hydrogen) atoms. The summed E-state index contributed by atoms with van der Waals surface area (Å²) in [5, 5.41) is 19.6. The predicted octanol–water partition coefficient (Wildman–Crippen LogP) is 3.05. The van der Waals surface area contributed by atoms with Crippen LogP contribution in [0.5, 0.6) is 0 Å². The Bertz CT molecular complexity index is 565. The lowest BCUT2D eigenvalue weighted by atomic mass is 9.77. The monoisotopic (exact) mass is 338 g/mol. The van der Waals surface area contributed by atoms with E-state index < -0.39 is 5.41 Å². The highest BCUT2D eigenvalue weighted by molar-refractivity contribution is 9.10. The van der Waals surface area contributed by atoms with Gasteiger partial charge in [-0.25, -0.2) is 4.39 Å². The molecule has 2 rings (SSSR count). The first-order valence-electron chi connectivity index (χ1n) is 6.32. The number of halogens is 2. The molecule has 0 saturated carbocycles. The number of aliphatic hydroxyl groups excluding tert-OH is 2. The van der Waals surface area contributed by atoms with E-state index in [-0.39, 0.29) is 19.0 Å². The molecule has 0 radical (unpaired) electrons. The van der Waals surface area contributed by atoms with Gasteiger partial charge in [-0.3, -0.25) is 0 Å². The van der Waals surface area contributed by atoms with Crippen molar-refractivity contribution in [3.05, 3.63) is 69.9 Å². The summed E-state index contributed by atoms with van der Waals surface area (Å²) < 4.78 is 13.8. The van der Waals surface area contributed by atoms with Crippen molar-refractivity contribution in [2.45, 2.75) is 11.8 Å². The van der Waals surface area contributed by atoms with E-state index in [0.717, 1.165) is 15.6 Å².